The van der Waals surface area contributed by atoms with Gasteiger partial charge in [0.1, 0.15) is 0 Å². The van der Waals surface area contributed by atoms with E-state index >= 15 is 0 Å². The van der Waals surface area contributed by atoms with Gasteiger partial charge in [0.2, 0.25) is 31.6 Å². The van der Waals surface area contributed by atoms with Crippen molar-refractivity contribution >= 4 is 47.6 Å². The van der Waals surface area contributed by atoms with Crippen molar-refractivity contribution in [2.24, 2.45) is 0 Å². The van der Waals surface area contributed by atoms with Crippen molar-refractivity contribution in [1.82, 2.24) is 0 Å². The molecule has 1 aromatic carbocycles. The molecule has 0 spiro atoms. The summed E-state index contributed by atoms with van der Waals surface area (Å²) in [5.41, 5.74) is -0.0172. The summed E-state index contributed by atoms with van der Waals surface area (Å²) in [5.74, 6) is -1.57. The molecule has 5 nitrogen and oxygen atoms in total. The standard InChI is InChI=1S/C17H20BrClFNO4Si/c1-26(2,3)25-16-14(23)15(10-6-4-7-11(19)13(10)20)24-17(16)21-12(22)8-5-9-18/h4,6-7,23H,5,8-9H2,1-3H3,(H,21,22). The molecule has 0 aliphatic carbocycles. The second-order valence-electron chi connectivity index (χ2n) is 6.59. The summed E-state index contributed by atoms with van der Waals surface area (Å²) in [6.07, 6.45) is 0.901. The Morgan fingerprint density at radius 1 is 1.42 bits per heavy atom. The predicted molar refractivity (Wildman–Crippen MR) is 106 cm³/mol. The highest BCUT2D eigenvalue weighted by molar-refractivity contribution is 9.09. The number of furan rings is 1. The molecule has 142 valence electrons. The van der Waals surface area contributed by atoms with Gasteiger partial charge in [0, 0.05) is 11.8 Å². The van der Waals surface area contributed by atoms with Gasteiger partial charge < -0.3 is 13.9 Å². The van der Waals surface area contributed by atoms with Crippen LogP contribution >= 0.6 is 27.5 Å². The molecular formula is C17H20BrClFNO4Si. The number of hydrogen-bond acceptors (Lipinski definition) is 4. The summed E-state index contributed by atoms with van der Waals surface area (Å²) in [4.78, 5) is 12.1. The van der Waals surface area contributed by atoms with Gasteiger partial charge in [-0.2, -0.15) is 0 Å². The zero-order valence-electron chi connectivity index (χ0n) is 14.7. The van der Waals surface area contributed by atoms with E-state index in [0.717, 1.165) is 0 Å². The van der Waals surface area contributed by atoms with Crippen LogP contribution in [-0.2, 0) is 4.79 Å². The second kappa shape index (κ2) is 8.45. The number of alkyl halides is 1. The molecule has 9 heteroatoms. The maximum absolute atomic E-state index is 14.3. The third-order valence-electron chi connectivity index (χ3n) is 3.24. The van der Waals surface area contributed by atoms with Gasteiger partial charge in [-0.25, -0.2) is 4.39 Å². The molecule has 0 bridgehead atoms. The Hall–Kier alpha value is -1.51. The third-order valence-corrected chi connectivity index (χ3v) is 4.90. The van der Waals surface area contributed by atoms with Crippen LogP contribution < -0.4 is 9.74 Å². The van der Waals surface area contributed by atoms with E-state index in [-0.39, 0.29) is 46.1 Å². The minimum Gasteiger partial charge on any atom is -0.538 e. The summed E-state index contributed by atoms with van der Waals surface area (Å²) in [6.45, 7) is 5.74. The number of benzene rings is 1. The smallest absolute Gasteiger partial charge is 0.245 e. The van der Waals surface area contributed by atoms with Crippen molar-refractivity contribution in [2.45, 2.75) is 32.5 Å². The maximum Gasteiger partial charge on any atom is 0.245 e. The number of carbonyl (C=O) groups excluding carboxylic acids is 1. The van der Waals surface area contributed by atoms with Crippen LogP contribution in [0.15, 0.2) is 22.6 Å². The lowest BCUT2D eigenvalue weighted by molar-refractivity contribution is -0.116. The van der Waals surface area contributed by atoms with Gasteiger partial charge in [-0.1, -0.05) is 33.6 Å². The molecule has 0 atom stereocenters. The number of aromatic hydroxyl groups is 1. The highest BCUT2D eigenvalue weighted by Gasteiger charge is 2.30. The van der Waals surface area contributed by atoms with E-state index in [0.29, 0.717) is 11.8 Å². The maximum atomic E-state index is 14.3. The summed E-state index contributed by atoms with van der Waals surface area (Å²) < 4.78 is 25.8. The second-order valence-corrected chi connectivity index (χ2v) is 12.2. The molecule has 1 aromatic heterocycles. The van der Waals surface area contributed by atoms with Crippen molar-refractivity contribution < 1.29 is 23.1 Å². The number of rotatable bonds is 7. The molecule has 2 aromatic rings. The lowest BCUT2D eigenvalue weighted by Crippen LogP contribution is -2.29. The molecule has 2 rings (SSSR count). The normalized spacial score (nSPS) is 11.5. The van der Waals surface area contributed by atoms with Gasteiger partial charge in [0.25, 0.3) is 0 Å². The highest BCUT2D eigenvalue weighted by Crippen LogP contribution is 2.48. The van der Waals surface area contributed by atoms with E-state index in [1.54, 1.807) is 0 Å². The monoisotopic (exact) mass is 463 g/mol. The Kier molecular flexibility index (Phi) is 6.76. The van der Waals surface area contributed by atoms with Crippen molar-refractivity contribution in [1.29, 1.82) is 0 Å². The number of amides is 1. The number of halogens is 3. The summed E-state index contributed by atoms with van der Waals surface area (Å²) >= 11 is 9.08. The van der Waals surface area contributed by atoms with Crippen LogP contribution in [0.25, 0.3) is 11.3 Å². The van der Waals surface area contributed by atoms with Gasteiger partial charge in [0.15, 0.2) is 11.6 Å². The Bertz CT molecular complexity index is 807. The summed E-state index contributed by atoms with van der Waals surface area (Å²) in [5, 5.41) is 13.7. The average molecular weight is 465 g/mol. The molecular weight excluding hydrogens is 445 g/mol. The highest BCUT2D eigenvalue weighted by atomic mass is 79.9. The zero-order valence-corrected chi connectivity index (χ0v) is 18.0. The fourth-order valence-corrected chi connectivity index (χ4v) is 3.43. The Morgan fingerprint density at radius 3 is 2.73 bits per heavy atom. The minimum atomic E-state index is -2.15. The van der Waals surface area contributed by atoms with Crippen LogP contribution in [0.3, 0.4) is 0 Å². The molecule has 0 aliphatic rings. The van der Waals surface area contributed by atoms with Crippen LogP contribution in [-0.4, -0.2) is 24.7 Å². The first-order valence-electron chi connectivity index (χ1n) is 7.99. The fraction of sp³-hybridized carbons (Fsp3) is 0.353. The van der Waals surface area contributed by atoms with Gasteiger partial charge in [0.05, 0.1) is 10.6 Å². The van der Waals surface area contributed by atoms with E-state index < -0.39 is 14.1 Å². The molecule has 0 saturated carbocycles. The summed E-state index contributed by atoms with van der Waals surface area (Å²) in [7, 11) is -2.15. The molecule has 0 saturated heterocycles. The van der Waals surface area contributed by atoms with Gasteiger partial charge in [-0.3, -0.25) is 10.1 Å². The Balaban J connectivity index is 2.49. The van der Waals surface area contributed by atoms with Gasteiger partial charge in [-0.05, 0) is 38.2 Å². The molecule has 2 N–H and O–H groups in total. The predicted octanol–water partition coefficient (Wildman–Crippen LogP) is 5.77. The average Bonchev–Trinajstić information content (AvgIpc) is 2.83. The third kappa shape index (κ3) is 5.02. The quantitative estimate of drug-likeness (QED) is 0.403. The topological polar surface area (TPSA) is 71.7 Å². The first-order valence-corrected chi connectivity index (χ1v) is 12.9. The van der Waals surface area contributed by atoms with Gasteiger partial charge >= 0.3 is 0 Å². The van der Waals surface area contributed by atoms with Crippen molar-refractivity contribution in [3.63, 3.8) is 0 Å². The van der Waals surface area contributed by atoms with E-state index in [2.05, 4.69) is 21.2 Å². The number of anilines is 1. The van der Waals surface area contributed by atoms with Crippen LogP contribution in [0.1, 0.15) is 12.8 Å². The Morgan fingerprint density at radius 2 is 2.12 bits per heavy atom. The molecule has 0 unspecified atom stereocenters. The van der Waals surface area contributed by atoms with E-state index in [9.17, 15) is 14.3 Å². The summed E-state index contributed by atoms with van der Waals surface area (Å²) in [6, 6.07) is 4.35. The molecule has 0 aliphatic heterocycles. The van der Waals surface area contributed by atoms with Crippen LogP contribution in [0, 0.1) is 5.82 Å². The first-order chi connectivity index (χ1) is 12.1. The van der Waals surface area contributed by atoms with Crippen molar-refractivity contribution in [3.8, 4) is 22.8 Å². The first kappa shape index (κ1) is 20.8. The van der Waals surface area contributed by atoms with Crippen molar-refractivity contribution in [3.05, 3.63) is 29.0 Å². The molecule has 26 heavy (non-hydrogen) atoms. The lowest BCUT2D eigenvalue weighted by atomic mass is 10.1. The largest absolute Gasteiger partial charge is 0.538 e. The lowest BCUT2D eigenvalue weighted by Gasteiger charge is -2.18. The van der Waals surface area contributed by atoms with Gasteiger partial charge in [-0.15, -0.1) is 0 Å². The van der Waals surface area contributed by atoms with E-state index in [1.165, 1.54) is 18.2 Å². The Labute approximate surface area is 165 Å². The van der Waals surface area contributed by atoms with Crippen LogP contribution in [0.2, 0.25) is 24.7 Å². The number of nitrogens with one attached hydrogen (secondary N) is 1. The minimum absolute atomic E-state index is 0.00531. The van der Waals surface area contributed by atoms with Crippen LogP contribution in [0.4, 0.5) is 10.3 Å². The fourth-order valence-electron chi connectivity index (χ4n) is 2.17. The zero-order chi connectivity index (χ0) is 19.5. The number of hydrogen-bond donors (Lipinski definition) is 2. The van der Waals surface area contributed by atoms with Crippen molar-refractivity contribution in [2.75, 3.05) is 10.6 Å². The molecule has 0 fully saturated rings. The molecule has 1 heterocycles. The molecule has 0 radical (unpaired) electrons. The SMILES string of the molecule is C[Si](C)(C)Oc1c(NC(=O)CCCBr)oc(-c2cccc(Cl)c2F)c1O. The van der Waals surface area contributed by atoms with E-state index in [1.807, 2.05) is 19.6 Å². The van der Waals surface area contributed by atoms with Crippen LogP contribution in [0.5, 0.6) is 11.5 Å². The number of carbonyl (C=O) groups is 1. The van der Waals surface area contributed by atoms with E-state index in [4.69, 9.17) is 20.4 Å². The molecule has 1 amide bonds.